The summed E-state index contributed by atoms with van der Waals surface area (Å²) < 4.78 is 39.9. The van der Waals surface area contributed by atoms with Crippen LogP contribution in [0.2, 0.25) is 0 Å². The van der Waals surface area contributed by atoms with Crippen LogP contribution in [-0.4, -0.2) is 5.91 Å². The SMILES string of the molecule is Nc1ccc(Br)c(C(=O)Nc2cc(F)cc(F)c2F)c1. The number of nitrogen functional groups attached to an aromatic ring is 1. The van der Waals surface area contributed by atoms with Crippen molar-refractivity contribution < 1.29 is 18.0 Å². The number of hydrogen-bond acceptors (Lipinski definition) is 2. The van der Waals surface area contributed by atoms with E-state index in [1.807, 2.05) is 0 Å². The Bertz CT molecular complexity index is 692. The van der Waals surface area contributed by atoms with Crippen molar-refractivity contribution in [2.45, 2.75) is 0 Å². The maximum atomic E-state index is 13.4. The largest absolute Gasteiger partial charge is 0.399 e. The minimum atomic E-state index is -1.38. The molecule has 0 aliphatic carbocycles. The predicted octanol–water partition coefficient (Wildman–Crippen LogP) is 3.70. The van der Waals surface area contributed by atoms with Crippen LogP contribution >= 0.6 is 15.9 Å². The second-order valence-electron chi connectivity index (χ2n) is 3.94. The number of nitrogens with one attached hydrogen (secondary N) is 1. The molecule has 3 N–H and O–H groups in total. The molecule has 2 rings (SSSR count). The molecule has 1 amide bonds. The van der Waals surface area contributed by atoms with Crippen molar-refractivity contribution in [2.24, 2.45) is 0 Å². The molecule has 104 valence electrons. The molecule has 0 saturated heterocycles. The molecule has 0 unspecified atom stereocenters. The Morgan fingerprint density at radius 1 is 1.15 bits per heavy atom. The molecule has 0 aliphatic heterocycles. The third-order valence-electron chi connectivity index (χ3n) is 2.48. The Balaban J connectivity index is 2.35. The van der Waals surface area contributed by atoms with E-state index in [2.05, 4.69) is 21.2 Å². The van der Waals surface area contributed by atoms with E-state index in [1.54, 1.807) is 6.07 Å². The Morgan fingerprint density at radius 2 is 1.85 bits per heavy atom. The molecule has 7 heteroatoms. The minimum absolute atomic E-state index is 0.120. The van der Waals surface area contributed by atoms with Crippen molar-refractivity contribution in [3.05, 3.63) is 57.8 Å². The van der Waals surface area contributed by atoms with E-state index in [-0.39, 0.29) is 5.56 Å². The smallest absolute Gasteiger partial charge is 0.256 e. The predicted molar refractivity (Wildman–Crippen MR) is 72.8 cm³/mol. The summed E-state index contributed by atoms with van der Waals surface area (Å²) in [5, 5.41) is 2.10. The van der Waals surface area contributed by atoms with Gasteiger partial charge in [0.15, 0.2) is 11.6 Å². The highest BCUT2D eigenvalue weighted by molar-refractivity contribution is 9.10. The lowest BCUT2D eigenvalue weighted by Crippen LogP contribution is -2.14. The van der Waals surface area contributed by atoms with E-state index in [4.69, 9.17) is 5.73 Å². The topological polar surface area (TPSA) is 55.1 Å². The molecule has 0 heterocycles. The lowest BCUT2D eigenvalue weighted by Gasteiger charge is -2.09. The van der Waals surface area contributed by atoms with E-state index in [0.29, 0.717) is 22.3 Å². The average molecular weight is 345 g/mol. The monoisotopic (exact) mass is 344 g/mol. The van der Waals surface area contributed by atoms with Crippen molar-refractivity contribution in [2.75, 3.05) is 11.1 Å². The Labute approximate surface area is 120 Å². The molecule has 0 fully saturated rings. The number of benzene rings is 2. The molecular weight excluding hydrogens is 337 g/mol. The van der Waals surface area contributed by atoms with E-state index in [1.165, 1.54) is 12.1 Å². The normalized spacial score (nSPS) is 10.4. The number of amides is 1. The van der Waals surface area contributed by atoms with Gasteiger partial charge in [-0.05, 0) is 34.1 Å². The van der Waals surface area contributed by atoms with Gasteiger partial charge in [0.25, 0.3) is 5.91 Å². The van der Waals surface area contributed by atoms with Crippen molar-refractivity contribution in [3.8, 4) is 0 Å². The molecule has 0 atom stereocenters. The summed E-state index contributed by atoms with van der Waals surface area (Å²) in [5.41, 5.74) is 5.40. The number of halogens is 4. The second kappa shape index (κ2) is 5.54. The molecule has 2 aromatic carbocycles. The summed E-state index contributed by atoms with van der Waals surface area (Å²) in [6.07, 6.45) is 0. The number of carbonyl (C=O) groups excluding carboxylic acids is 1. The molecule has 0 saturated carbocycles. The summed E-state index contributed by atoms with van der Waals surface area (Å²) in [4.78, 5) is 12.0. The highest BCUT2D eigenvalue weighted by atomic mass is 79.9. The maximum absolute atomic E-state index is 13.4. The van der Waals surface area contributed by atoms with Crippen LogP contribution in [0.1, 0.15) is 10.4 Å². The van der Waals surface area contributed by atoms with E-state index < -0.39 is 29.0 Å². The number of hydrogen-bond donors (Lipinski definition) is 2. The molecule has 20 heavy (non-hydrogen) atoms. The molecule has 0 spiro atoms. The van der Waals surface area contributed by atoms with Gasteiger partial charge in [-0.1, -0.05) is 0 Å². The summed E-state index contributed by atoms with van der Waals surface area (Å²) >= 11 is 3.13. The van der Waals surface area contributed by atoms with Crippen molar-refractivity contribution >= 4 is 33.2 Å². The zero-order chi connectivity index (χ0) is 14.9. The van der Waals surface area contributed by atoms with Crippen LogP contribution in [0.4, 0.5) is 24.5 Å². The summed E-state index contributed by atoms with van der Waals surface area (Å²) in [5.74, 6) is -4.45. The van der Waals surface area contributed by atoms with Gasteiger partial charge in [0.1, 0.15) is 5.82 Å². The van der Waals surface area contributed by atoms with Gasteiger partial charge in [0.2, 0.25) is 0 Å². The Morgan fingerprint density at radius 3 is 2.55 bits per heavy atom. The fourth-order valence-corrected chi connectivity index (χ4v) is 1.98. The van der Waals surface area contributed by atoms with Gasteiger partial charge in [0.05, 0.1) is 11.3 Å². The number of anilines is 2. The second-order valence-corrected chi connectivity index (χ2v) is 4.80. The third kappa shape index (κ3) is 2.93. The molecule has 0 aliphatic rings. The fourth-order valence-electron chi connectivity index (χ4n) is 1.55. The zero-order valence-corrected chi connectivity index (χ0v) is 11.5. The van der Waals surface area contributed by atoms with Crippen LogP contribution in [0, 0.1) is 17.5 Å². The molecular formula is C13H8BrF3N2O. The number of carbonyl (C=O) groups is 1. The lowest BCUT2D eigenvalue weighted by molar-refractivity contribution is 0.102. The van der Waals surface area contributed by atoms with Crippen LogP contribution in [0.25, 0.3) is 0 Å². The fraction of sp³-hybridized carbons (Fsp3) is 0. The van der Waals surface area contributed by atoms with Gasteiger partial charge < -0.3 is 11.1 Å². The van der Waals surface area contributed by atoms with Crippen molar-refractivity contribution in [1.82, 2.24) is 0 Å². The first kappa shape index (κ1) is 14.4. The van der Waals surface area contributed by atoms with Crippen molar-refractivity contribution in [3.63, 3.8) is 0 Å². The lowest BCUT2D eigenvalue weighted by atomic mass is 10.2. The standard InChI is InChI=1S/C13H8BrF3N2O/c14-9-2-1-7(18)5-8(9)13(20)19-11-4-6(15)3-10(16)12(11)17/h1-5H,18H2,(H,19,20). The van der Waals surface area contributed by atoms with Crippen molar-refractivity contribution in [1.29, 1.82) is 0 Å². The van der Waals surface area contributed by atoms with Gasteiger partial charge in [0, 0.05) is 22.3 Å². The maximum Gasteiger partial charge on any atom is 0.256 e. The molecule has 2 aromatic rings. The van der Waals surface area contributed by atoms with Gasteiger partial charge >= 0.3 is 0 Å². The first-order valence-electron chi connectivity index (χ1n) is 5.39. The highest BCUT2D eigenvalue weighted by Crippen LogP contribution is 2.23. The van der Waals surface area contributed by atoms with Gasteiger partial charge in [-0.15, -0.1) is 0 Å². The minimum Gasteiger partial charge on any atom is -0.399 e. The summed E-state index contributed by atoms with van der Waals surface area (Å²) in [6, 6.07) is 5.53. The van der Waals surface area contributed by atoms with Crippen LogP contribution in [0.15, 0.2) is 34.8 Å². The number of nitrogens with two attached hydrogens (primary N) is 1. The van der Waals surface area contributed by atoms with Gasteiger partial charge in [-0.25, -0.2) is 13.2 Å². The van der Waals surface area contributed by atoms with E-state index in [9.17, 15) is 18.0 Å². The molecule has 0 aromatic heterocycles. The first-order valence-corrected chi connectivity index (χ1v) is 6.18. The van der Waals surface area contributed by atoms with Crippen LogP contribution in [-0.2, 0) is 0 Å². The zero-order valence-electron chi connectivity index (χ0n) is 9.88. The molecule has 0 radical (unpaired) electrons. The highest BCUT2D eigenvalue weighted by Gasteiger charge is 2.16. The van der Waals surface area contributed by atoms with Crippen LogP contribution in [0.5, 0.6) is 0 Å². The average Bonchev–Trinajstić information content (AvgIpc) is 2.38. The first-order chi connectivity index (χ1) is 9.38. The van der Waals surface area contributed by atoms with E-state index in [0.717, 1.165) is 0 Å². The van der Waals surface area contributed by atoms with E-state index >= 15 is 0 Å². The molecule has 0 bridgehead atoms. The van der Waals surface area contributed by atoms with Gasteiger partial charge in [-0.2, -0.15) is 0 Å². The number of rotatable bonds is 2. The Hall–Kier alpha value is -2.02. The summed E-state index contributed by atoms with van der Waals surface area (Å²) in [6.45, 7) is 0. The quantitative estimate of drug-likeness (QED) is 0.644. The van der Waals surface area contributed by atoms with Crippen LogP contribution < -0.4 is 11.1 Å². The van der Waals surface area contributed by atoms with Crippen LogP contribution in [0.3, 0.4) is 0 Å². The third-order valence-corrected chi connectivity index (χ3v) is 3.17. The molecule has 3 nitrogen and oxygen atoms in total. The Kier molecular flexibility index (Phi) is 3.99. The summed E-state index contributed by atoms with van der Waals surface area (Å²) in [7, 11) is 0. The van der Waals surface area contributed by atoms with Gasteiger partial charge in [-0.3, -0.25) is 4.79 Å².